The Morgan fingerprint density at radius 3 is 2.67 bits per heavy atom. The highest BCUT2D eigenvalue weighted by molar-refractivity contribution is 9.10. The third-order valence-corrected chi connectivity index (χ3v) is 3.90. The lowest BCUT2D eigenvalue weighted by Crippen LogP contribution is -1.93. The van der Waals surface area contributed by atoms with Crippen LogP contribution in [0.2, 0.25) is 0 Å². The Morgan fingerprint density at radius 1 is 1.19 bits per heavy atom. The third kappa shape index (κ3) is 3.03. The molecule has 108 valence electrons. The Hall–Kier alpha value is -2.01. The fourth-order valence-electron chi connectivity index (χ4n) is 2.33. The second-order valence-corrected chi connectivity index (χ2v) is 5.84. The van der Waals surface area contributed by atoms with Gasteiger partial charge in [-0.2, -0.15) is 0 Å². The number of fused-ring (bicyclic) bond motifs is 1. The van der Waals surface area contributed by atoms with Crippen LogP contribution >= 0.6 is 15.9 Å². The zero-order valence-electron chi connectivity index (χ0n) is 11.7. The number of nitrogens with one attached hydrogen (secondary N) is 1. The summed E-state index contributed by atoms with van der Waals surface area (Å²) in [6, 6.07) is 12.0. The van der Waals surface area contributed by atoms with Crippen molar-refractivity contribution < 1.29 is 4.74 Å². The number of halogens is 1. The van der Waals surface area contributed by atoms with Crippen LogP contribution in [0.25, 0.3) is 11.0 Å². The van der Waals surface area contributed by atoms with E-state index in [0.29, 0.717) is 5.69 Å². The molecule has 3 N–H and O–H groups in total. The molecule has 3 aromatic rings. The van der Waals surface area contributed by atoms with Crippen molar-refractivity contribution in [2.75, 3.05) is 12.8 Å². The van der Waals surface area contributed by atoms with Crippen LogP contribution in [0.1, 0.15) is 11.4 Å². The number of benzene rings is 2. The molecule has 0 saturated carbocycles. The van der Waals surface area contributed by atoms with Crippen LogP contribution in [-0.2, 0) is 12.8 Å². The lowest BCUT2D eigenvalue weighted by Gasteiger charge is -2.02. The van der Waals surface area contributed by atoms with Gasteiger partial charge in [-0.05, 0) is 36.2 Å². The zero-order valence-corrected chi connectivity index (χ0v) is 13.3. The molecule has 1 heterocycles. The van der Waals surface area contributed by atoms with E-state index < -0.39 is 0 Å². The molecule has 0 fully saturated rings. The minimum atomic E-state index is 0.686. The van der Waals surface area contributed by atoms with Crippen molar-refractivity contribution in [1.82, 2.24) is 9.97 Å². The lowest BCUT2D eigenvalue weighted by molar-refractivity contribution is 0.414. The molecule has 1 aromatic heterocycles. The Labute approximate surface area is 131 Å². The van der Waals surface area contributed by atoms with Gasteiger partial charge in [-0.25, -0.2) is 4.98 Å². The third-order valence-electron chi connectivity index (χ3n) is 3.44. The van der Waals surface area contributed by atoms with E-state index in [1.54, 1.807) is 7.11 Å². The topological polar surface area (TPSA) is 63.9 Å². The van der Waals surface area contributed by atoms with Crippen LogP contribution in [-0.4, -0.2) is 17.1 Å². The first-order valence-corrected chi connectivity index (χ1v) is 7.51. The molecule has 4 nitrogen and oxygen atoms in total. The van der Waals surface area contributed by atoms with Gasteiger partial charge < -0.3 is 15.5 Å². The van der Waals surface area contributed by atoms with Gasteiger partial charge >= 0.3 is 0 Å². The number of aromatic nitrogens is 2. The fraction of sp³-hybridized carbons (Fsp3) is 0.188. The Morgan fingerprint density at radius 2 is 1.95 bits per heavy atom. The normalized spacial score (nSPS) is 11.0. The number of anilines is 1. The standard InChI is InChI=1S/C16H16BrN3O/c1-21-12-5-2-10(3-6-12)4-7-15-19-14-9-11(17)8-13(18)16(14)20-15/h2-3,5-6,8-9H,4,7,18H2,1H3,(H,19,20). The van der Waals surface area contributed by atoms with E-state index in [1.165, 1.54) is 5.56 Å². The quantitative estimate of drug-likeness (QED) is 0.708. The fourth-order valence-corrected chi connectivity index (χ4v) is 2.81. The van der Waals surface area contributed by atoms with Crippen molar-refractivity contribution in [3.63, 3.8) is 0 Å². The zero-order chi connectivity index (χ0) is 14.8. The molecule has 0 aliphatic carbocycles. The summed E-state index contributed by atoms with van der Waals surface area (Å²) in [6.07, 6.45) is 1.77. The van der Waals surface area contributed by atoms with Gasteiger partial charge in [-0.15, -0.1) is 0 Å². The van der Waals surface area contributed by atoms with Gasteiger partial charge in [-0.1, -0.05) is 28.1 Å². The van der Waals surface area contributed by atoms with Crippen molar-refractivity contribution >= 4 is 32.7 Å². The summed E-state index contributed by atoms with van der Waals surface area (Å²) in [5, 5.41) is 0. The van der Waals surface area contributed by atoms with E-state index in [4.69, 9.17) is 10.5 Å². The molecule has 0 aliphatic rings. The molecular formula is C16H16BrN3O. The van der Waals surface area contributed by atoms with Gasteiger partial charge in [-0.3, -0.25) is 0 Å². The minimum absolute atomic E-state index is 0.686. The van der Waals surface area contributed by atoms with E-state index in [2.05, 4.69) is 38.0 Å². The molecule has 0 unspecified atom stereocenters. The Kier molecular flexibility index (Phi) is 3.84. The molecule has 0 saturated heterocycles. The maximum atomic E-state index is 5.98. The molecule has 21 heavy (non-hydrogen) atoms. The molecule has 0 bridgehead atoms. The van der Waals surface area contributed by atoms with Gasteiger partial charge in [0.15, 0.2) is 0 Å². The molecule has 3 rings (SSSR count). The molecule has 2 aromatic carbocycles. The lowest BCUT2D eigenvalue weighted by atomic mass is 10.1. The predicted molar refractivity (Wildman–Crippen MR) is 88.6 cm³/mol. The molecule has 0 atom stereocenters. The molecule has 5 heteroatoms. The second kappa shape index (κ2) is 5.77. The average Bonchev–Trinajstić information content (AvgIpc) is 2.89. The first kappa shape index (κ1) is 13.9. The van der Waals surface area contributed by atoms with Crippen LogP contribution in [0, 0.1) is 0 Å². The molecule has 0 radical (unpaired) electrons. The smallest absolute Gasteiger partial charge is 0.118 e. The number of aromatic amines is 1. The largest absolute Gasteiger partial charge is 0.497 e. The van der Waals surface area contributed by atoms with Gasteiger partial charge in [0.2, 0.25) is 0 Å². The number of hydrogen-bond donors (Lipinski definition) is 2. The summed E-state index contributed by atoms with van der Waals surface area (Å²) in [7, 11) is 1.67. The Balaban J connectivity index is 1.77. The summed E-state index contributed by atoms with van der Waals surface area (Å²) in [5.74, 6) is 1.82. The van der Waals surface area contributed by atoms with Crippen LogP contribution in [0.15, 0.2) is 40.9 Å². The maximum absolute atomic E-state index is 5.98. The van der Waals surface area contributed by atoms with E-state index in [1.807, 2.05) is 24.3 Å². The monoisotopic (exact) mass is 345 g/mol. The molecule has 0 spiro atoms. The van der Waals surface area contributed by atoms with Gasteiger partial charge in [0.05, 0.1) is 18.3 Å². The summed E-state index contributed by atoms with van der Waals surface area (Å²) in [6.45, 7) is 0. The van der Waals surface area contributed by atoms with Gasteiger partial charge in [0.1, 0.15) is 17.1 Å². The van der Waals surface area contributed by atoms with Crippen molar-refractivity contribution in [3.05, 3.63) is 52.3 Å². The molecule has 0 amide bonds. The van der Waals surface area contributed by atoms with Gasteiger partial charge in [0.25, 0.3) is 0 Å². The first-order valence-electron chi connectivity index (χ1n) is 6.72. The average molecular weight is 346 g/mol. The van der Waals surface area contributed by atoms with Crippen molar-refractivity contribution in [2.45, 2.75) is 12.8 Å². The van der Waals surface area contributed by atoms with Crippen molar-refractivity contribution in [2.24, 2.45) is 0 Å². The summed E-state index contributed by atoms with van der Waals surface area (Å²) >= 11 is 3.44. The maximum Gasteiger partial charge on any atom is 0.118 e. The van der Waals surface area contributed by atoms with Crippen LogP contribution in [0.5, 0.6) is 5.75 Å². The van der Waals surface area contributed by atoms with E-state index in [0.717, 1.165) is 39.9 Å². The minimum Gasteiger partial charge on any atom is -0.497 e. The number of H-pyrrole nitrogens is 1. The molecular weight excluding hydrogens is 330 g/mol. The number of aryl methyl sites for hydroxylation is 2. The number of rotatable bonds is 4. The summed E-state index contributed by atoms with van der Waals surface area (Å²) < 4.78 is 6.12. The van der Waals surface area contributed by atoms with E-state index in [-0.39, 0.29) is 0 Å². The van der Waals surface area contributed by atoms with Crippen LogP contribution < -0.4 is 10.5 Å². The highest BCUT2D eigenvalue weighted by atomic mass is 79.9. The summed E-state index contributed by atoms with van der Waals surface area (Å²) in [5.41, 5.74) is 9.73. The second-order valence-electron chi connectivity index (χ2n) is 4.92. The SMILES string of the molecule is COc1ccc(CCc2nc3c(N)cc(Br)cc3[nH]2)cc1. The highest BCUT2D eigenvalue weighted by Crippen LogP contribution is 2.24. The van der Waals surface area contributed by atoms with Crippen LogP contribution in [0.3, 0.4) is 0 Å². The number of nitrogens with two attached hydrogens (primary N) is 1. The van der Waals surface area contributed by atoms with Crippen molar-refractivity contribution in [1.29, 1.82) is 0 Å². The van der Waals surface area contributed by atoms with E-state index in [9.17, 15) is 0 Å². The Bertz CT molecular complexity index is 765. The number of imidazole rings is 1. The number of methoxy groups -OCH3 is 1. The summed E-state index contributed by atoms with van der Waals surface area (Å²) in [4.78, 5) is 7.90. The van der Waals surface area contributed by atoms with Gasteiger partial charge in [0, 0.05) is 10.9 Å². The first-order chi connectivity index (χ1) is 10.2. The molecule has 0 aliphatic heterocycles. The number of nitrogens with zero attached hydrogens (tertiary/aromatic N) is 1. The predicted octanol–water partition coefficient (Wildman–Crippen LogP) is 3.70. The van der Waals surface area contributed by atoms with Crippen molar-refractivity contribution in [3.8, 4) is 5.75 Å². The number of nitrogen functional groups attached to an aromatic ring is 1. The number of hydrogen-bond acceptors (Lipinski definition) is 3. The number of ether oxygens (including phenoxy) is 1. The van der Waals surface area contributed by atoms with E-state index >= 15 is 0 Å². The highest BCUT2D eigenvalue weighted by Gasteiger charge is 2.07. The van der Waals surface area contributed by atoms with Crippen LogP contribution in [0.4, 0.5) is 5.69 Å².